The highest BCUT2D eigenvalue weighted by Crippen LogP contribution is 2.56. The molecule has 1 amide bonds. The van der Waals surface area contributed by atoms with Gasteiger partial charge in [0.2, 0.25) is 5.91 Å². The quantitative estimate of drug-likeness (QED) is 0.340. The Balaban J connectivity index is 1.75. The Morgan fingerprint density at radius 2 is 1.21 bits per heavy atom. The fourth-order valence-corrected chi connectivity index (χ4v) is 5.37. The predicted molar refractivity (Wildman–Crippen MR) is 133 cm³/mol. The zero-order valence-corrected chi connectivity index (χ0v) is 19.9. The van der Waals surface area contributed by atoms with Crippen molar-refractivity contribution in [2.45, 2.75) is 39.2 Å². The molecule has 0 aliphatic heterocycles. The average Bonchev–Trinajstić information content (AvgIpc) is 3.11. The normalized spacial score (nSPS) is 21.7. The maximum Gasteiger partial charge on any atom is 0.309 e. The third kappa shape index (κ3) is 3.80. The van der Waals surface area contributed by atoms with Crippen molar-refractivity contribution in [3.05, 3.63) is 108 Å². The van der Waals surface area contributed by atoms with Gasteiger partial charge in [0, 0.05) is 5.92 Å². The maximum absolute atomic E-state index is 13.5. The number of aliphatic carboxylic acids is 1. The molecule has 176 valence electrons. The largest absolute Gasteiger partial charge is 0.481 e. The topological polar surface area (TPSA) is 78.4 Å². The third-order valence-electron chi connectivity index (χ3n) is 8.01. The van der Waals surface area contributed by atoms with Crippen LogP contribution < -0.4 is 10.9 Å². The SMILES string of the molecule is CC1(C)[C@@H](C(=O)NNC(c2ccccc2)(c2ccccc2)c2ccccc2)CC[C@@]1(C)C(=O)O. The number of amides is 1. The van der Waals surface area contributed by atoms with E-state index in [-0.39, 0.29) is 5.91 Å². The summed E-state index contributed by atoms with van der Waals surface area (Å²) in [7, 11) is 0. The lowest BCUT2D eigenvalue weighted by molar-refractivity contribution is -0.155. The molecule has 2 atom stereocenters. The molecule has 0 saturated heterocycles. The smallest absolute Gasteiger partial charge is 0.309 e. The van der Waals surface area contributed by atoms with Crippen LogP contribution in [0.3, 0.4) is 0 Å². The summed E-state index contributed by atoms with van der Waals surface area (Å²) < 4.78 is 0. The van der Waals surface area contributed by atoms with Crippen molar-refractivity contribution < 1.29 is 14.7 Å². The molecule has 5 heteroatoms. The number of carboxylic acid groups (broad SMARTS) is 1. The maximum atomic E-state index is 13.5. The van der Waals surface area contributed by atoms with Gasteiger partial charge in [0.05, 0.1) is 5.41 Å². The van der Waals surface area contributed by atoms with Gasteiger partial charge in [-0.15, -0.1) is 0 Å². The molecule has 0 aromatic heterocycles. The summed E-state index contributed by atoms with van der Waals surface area (Å²) >= 11 is 0. The number of hydrogen-bond acceptors (Lipinski definition) is 3. The van der Waals surface area contributed by atoms with Crippen LogP contribution >= 0.6 is 0 Å². The second kappa shape index (κ2) is 9.07. The molecule has 0 spiro atoms. The Kier molecular flexibility index (Phi) is 6.32. The molecule has 1 aliphatic carbocycles. The molecule has 5 nitrogen and oxygen atoms in total. The van der Waals surface area contributed by atoms with Crippen LogP contribution in [0.1, 0.15) is 50.3 Å². The van der Waals surface area contributed by atoms with E-state index in [0.717, 1.165) is 16.7 Å². The molecule has 0 unspecified atom stereocenters. The molecule has 1 aliphatic rings. The lowest BCUT2D eigenvalue weighted by atomic mass is 9.65. The van der Waals surface area contributed by atoms with Gasteiger partial charge in [0.25, 0.3) is 0 Å². The van der Waals surface area contributed by atoms with Gasteiger partial charge in [-0.1, -0.05) is 105 Å². The van der Waals surface area contributed by atoms with E-state index in [1.165, 1.54) is 0 Å². The Bertz CT molecular complexity index is 1050. The first kappa shape index (κ1) is 23.7. The second-order valence-corrected chi connectivity index (χ2v) is 9.91. The average molecular weight is 457 g/mol. The van der Waals surface area contributed by atoms with Crippen LogP contribution in [0, 0.1) is 16.7 Å². The molecule has 3 N–H and O–H groups in total. The lowest BCUT2D eigenvalue weighted by Crippen LogP contribution is -2.56. The Morgan fingerprint density at radius 3 is 1.56 bits per heavy atom. The van der Waals surface area contributed by atoms with Crippen LogP contribution in [0.5, 0.6) is 0 Å². The number of hydrogen-bond donors (Lipinski definition) is 3. The molecule has 34 heavy (non-hydrogen) atoms. The van der Waals surface area contributed by atoms with E-state index in [9.17, 15) is 14.7 Å². The van der Waals surface area contributed by atoms with Crippen LogP contribution in [-0.2, 0) is 15.1 Å². The first-order valence-electron chi connectivity index (χ1n) is 11.7. The molecular formula is C29H32N2O3. The number of nitrogens with one attached hydrogen (secondary N) is 2. The van der Waals surface area contributed by atoms with Gasteiger partial charge in [-0.25, -0.2) is 5.43 Å². The summed E-state index contributed by atoms with van der Waals surface area (Å²) in [6.07, 6.45) is 0.993. The van der Waals surface area contributed by atoms with E-state index < -0.39 is 28.3 Å². The molecule has 0 heterocycles. The Labute approximate surface area is 201 Å². The van der Waals surface area contributed by atoms with Gasteiger partial charge in [0.15, 0.2) is 0 Å². The summed E-state index contributed by atoms with van der Waals surface area (Å²) in [5.41, 5.74) is 6.87. The molecule has 1 fully saturated rings. The van der Waals surface area contributed by atoms with Crippen LogP contribution in [0.15, 0.2) is 91.0 Å². The van der Waals surface area contributed by atoms with Gasteiger partial charge in [-0.05, 0) is 41.9 Å². The lowest BCUT2D eigenvalue weighted by Gasteiger charge is -2.40. The molecule has 1 saturated carbocycles. The zero-order valence-electron chi connectivity index (χ0n) is 19.9. The molecular weight excluding hydrogens is 424 g/mol. The van der Waals surface area contributed by atoms with Gasteiger partial charge >= 0.3 is 5.97 Å². The zero-order chi connectivity index (χ0) is 24.4. The molecule has 3 aromatic rings. The highest BCUT2D eigenvalue weighted by molar-refractivity contribution is 5.83. The van der Waals surface area contributed by atoms with Crippen molar-refractivity contribution >= 4 is 11.9 Å². The number of carboxylic acids is 1. The summed E-state index contributed by atoms with van der Waals surface area (Å²) in [6.45, 7) is 5.52. The van der Waals surface area contributed by atoms with Crippen LogP contribution in [0.4, 0.5) is 0 Å². The van der Waals surface area contributed by atoms with Crippen molar-refractivity contribution in [1.29, 1.82) is 0 Å². The fraction of sp³-hybridized carbons (Fsp3) is 0.310. The number of carbonyl (C=O) groups is 2. The minimum Gasteiger partial charge on any atom is -0.481 e. The van der Waals surface area contributed by atoms with Crippen LogP contribution in [0.2, 0.25) is 0 Å². The monoisotopic (exact) mass is 456 g/mol. The second-order valence-electron chi connectivity index (χ2n) is 9.91. The first-order chi connectivity index (χ1) is 16.2. The summed E-state index contributed by atoms with van der Waals surface area (Å²) in [6, 6.07) is 30.1. The minimum absolute atomic E-state index is 0.192. The number of rotatable bonds is 7. The highest BCUT2D eigenvalue weighted by atomic mass is 16.4. The number of carbonyl (C=O) groups excluding carboxylic acids is 1. The van der Waals surface area contributed by atoms with E-state index in [2.05, 4.69) is 10.9 Å². The van der Waals surface area contributed by atoms with Gasteiger partial charge in [-0.2, -0.15) is 0 Å². The van der Waals surface area contributed by atoms with Gasteiger partial charge in [0.1, 0.15) is 5.54 Å². The van der Waals surface area contributed by atoms with Crippen molar-refractivity contribution in [1.82, 2.24) is 10.9 Å². The molecule has 3 aromatic carbocycles. The van der Waals surface area contributed by atoms with Crippen molar-refractivity contribution in [3.63, 3.8) is 0 Å². The highest BCUT2D eigenvalue weighted by Gasteiger charge is 2.58. The van der Waals surface area contributed by atoms with Crippen LogP contribution in [0.25, 0.3) is 0 Å². The van der Waals surface area contributed by atoms with Crippen LogP contribution in [-0.4, -0.2) is 17.0 Å². The predicted octanol–water partition coefficient (Wildman–Crippen LogP) is 5.13. The summed E-state index contributed by atoms with van der Waals surface area (Å²) in [5, 5.41) is 9.87. The Hall–Kier alpha value is -3.44. The molecule has 4 rings (SSSR count). The van der Waals surface area contributed by atoms with Crippen molar-refractivity contribution in [2.75, 3.05) is 0 Å². The Morgan fingerprint density at radius 1 is 0.794 bits per heavy atom. The van der Waals surface area contributed by atoms with E-state index in [1.807, 2.05) is 105 Å². The molecule has 0 radical (unpaired) electrons. The van der Waals surface area contributed by atoms with E-state index in [4.69, 9.17) is 0 Å². The van der Waals surface area contributed by atoms with Gasteiger partial charge in [-0.3, -0.25) is 15.0 Å². The van der Waals surface area contributed by atoms with E-state index in [1.54, 1.807) is 6.92 Å². The van der Waals surface area contributed by atoms with E-state index >= 15 is 0 Å². The van der Waals surface area contributed by atoms with Crippen molar-refractivity contribution in [2.24, 2.45) is 16.7 Å². The van der Waals surface area contributed by atoms with Crippen molar-refractivity contribution in [3.8, 4) is 0 Å². The molecule has 0 bridgehead atoms. The fourth-order valence-electron chi connectivity index (χ4n) is 5.37. The third-order valence-corrected chi connectivity index (χ3v) is 8.01. The summed E-state index contributed by atoms with van der Waals surface area (Å²) in [4.78, 5) is 25.6. The van der Waals surface area contributed by atoms with E-state index in [0.29, 0.717) is 12.8 Å². The van der Waals surface area contributed by atoms with Gasteiger partial charge < -0.3 is 5.11 Å². The standard InChI is InChI=1S/C29H32N2O3/c1-27(2)24(19-20-28(27,3)26(33)34)25(32)30-31-29(21-13-7-4-8-14-21,22-15-9-5-10-16-22)23-17-11-6-12-18-23/h4-18,24,31H,19-20H2,1-3H3,(H,30,32)(H,33,34)/t24-,28+/m1/s1. The minimum atomic E-state index is -0.954. The number of benzene rings is 3. The number of hydrazine groups is 1. The summed E-state index contributed by atoms with van der Waals surface area (Å²) in [5.74, 6) is -1.48. The first-order valence-corrected chi connectivity index (χ1v) is 11.7.